The maximum absolute atomic E-state index is 12.0. The van der Waals surface area contributed by atoms with Crippen molar-refractivity contribution in [3.05, 3.63) is 35.4 Å². The highest BCUT2D eigenvalue weighted by Gasteiger charge is 2.27. The predicted octanol–water partition coefficient (Wildman–Crippen LogP) is 3.97. The van der Waals surface area contributed by atoms with Crippen LogP contribution in [0.15, 0.2) is 29.3 Å². The van der Waals surface area contributed by atoms with Crippen molar-refractivity contribution in [2.75, 3.05) is 32.8 Å². The first-order valence-electron chi connectivity index (χ1n) is 10.5. The third kappa shape index (κ3) is 8.50. The van der Waals surface area contributed by atoms with Gasteiger partial charge in [0.25, 0.3) is 0 Å². The van der Waals surface area contributed by atoms with E-state index in [1.165, 1.54) is 11.1 Å². The number of rotatable bonds is 9. The Labute approximate surface area is 192 Å². The predicted molar refractivity (Wildman–Crippen MR) is 128 cm³/mol. The molecular formula is C22H36IN3O3. The molecule has 1 heterocycles. The van der Waals surface area contributed by atoms with Crippen LogP contribution < -0.4 is 5.32 Å². The molecule has 1 saturated heterocycles. The quantitative estimate of drug-likeness (QED) is 0.177. The first kappa shape index (κ1) is 25.7. The highest BCUT2D eigenvalue weighted by molar-refractivity contribution is 14.0. The molecular weight excluding hydrogens is 481 g/mol. The molecule has 0 amide bonds. The average molecular weight is 517 g/mol. The van der Waals surface area contributed by atoms with Crippen molar-refractivity contribution in [3.63, 3.8) is 0 Å². The van der Waals surface area contributed by atoms with Gasteiger partial charge in [0.15, 0.2) is 5.96 Å². The van der Waals surface area contributed by atoms with E-state index < -0.39 is 0 Å². The lowest BCUT2D eigenvalue weighted by molar-refractivity contribution is -0.149. The Morgan fingerprint density at radius 3 is 2.48 bits per heavy atom. The fourth-order valence-corrected chi connectivity index (χ4v) is 3.35. The fraction of sp³-hybridized carbons (Fsp3) is 0.636. The molecule has 1 aliphatic heterocycles. The highest BCUT2D eigenvalue weighted by Crippen LogP contribution is 2.19. The minimum atomic E-state index is -0.0647. The third-order valence-corrected chi connectivity index (χ3v) is 4.87. The Hall–Kier alpha value is -1.35. The molecule has 1 aromatic carbocycles. The Bertz CT molecular complexity index is 631. The Morgan fingerprint density at radius 2 is 1.86 bits per heavy atom. The van der Waals surface area contributed by atoms with Crippen molar-refractivity contribution >= 4 is 35.9 Å². The summed E-state index contributed by atoms with van der Waals surface area (Å²) in [5.74, 6) is 0.856. The van der Waals surface area contributed by atoms with Crippen molar-refractivity contribution in [1.82, 2.24) is 10.2 Å². The van der Waals surface area contributed by atoms with E-state index in [2.05, 4.69) is 36.2 Å². The number of carbonyl (C=O) groups is 1. The second-order valence-electron chi connectivity index (χ2n) is 7.00. The summed E-state index contributed by atoms with van der Waals surface area (Å²) in [7, 11) is 0. The molecule has 1 fully saturated rings. The van der Waals surface area contributed by atoms with E-state index in [0.29, 0.717) is 19.8 Å². The van der Waals surface area contributed by atoms with Gasteiger partial charge in [-0.3, -0.25) is 4.79 Å². The maximum atomic E-state index is 12.0. The van der Waals surface area contributed by atoms with E-state index in [9.17, 15) is 4.79 Å². The van der Waals surface area contributed by atoms with Crippen molar-refractivity contribution in [1.29, 1.82) is 0 Å². The number of aliphatic imine (C=N–C) groups is 1. The molecule has 1 aromatic rings. The van der Waals surface area contributed by atoms with Gasteiger partial charge in [0, 0.05) is 26.2 Å². The van der Waals surface area contributed by atoms with Crippen molar-refractivity contribution < 1.29 is 14.3 Å². The van der Waals surface area contributed by atoms with E-state index in [-0.39, 0.29) is 35.9 Å². The Morgan fingerprint density at radius 1 is 1.17 bits per heavy atom. The number of hydrogen-bond acceptors (Lipinski definition) is 4. The molecule has 164 valence electrons. The lowest BCUT2D eigenvalue weighted by atomic mass is 9.97. The maximum Gasteiger partial charge on any atom is 0.309 e. The first-order valence-corrected chi connectivity index (χ1v) is 10.5. The van der Waals surface area contributed by atoms with Gasteiger partial charge < -0.3 is 19.7 Å². The smallest absolute Gasteiger partial charge is 0.309 e. The van der Waals surface area contributed by atoms with Crippen LogP contribution >= 0.6 is 24.0 Å². The molecule has 6 nitrogen and oxygen atoms in total. The van der Waals surface area contributed by atoms with Crippen LogP contribution in [0.25, 0.3) is 0 Å². The number of likely N-dealkylation sites (tertiary alicyclic amines) is 1. The van der Waals surface area contributed by atoms with Crippen LogP contribution in [0.5, 0.6) is 0 Å². The molecule has 1 N–H and O–H groups in total. The zero-order valence-electron chi connectivity index (χ0n) is 18.0. The number of hydrogen-bond donors (Lipinski definition) is 1. The summed E-state index contributed by atoms with van der Waals surface area (Å²) in [6, 6.07) is 8.32. The van der Waals surface area contributed by atoms with Crippen molar-refractivity contribution in [2.24, 2.45) is 10.9 Å². The van der Waals surface area contributed by atoms with E-state index in [1.807, 2.05) is 19.1 Å². The lowest BCUT2D eigenvalue weighted by Gasteiger charge is -2.33. The summed E-state index contributed by atoms with van der Waals surface area (Å²) in [5.41, 5.74) is 2.38. The highest BCUT2D eigenvalue weighted by atomic mass is 127. The van der Waals surface area contributed by atoms with E-state index in [4.69, 9.17) is 14.5 Å². The standard InChI is InChI=1S/C22H35N3O3.HI/c1-4-15-27-17-20-10-8-7-9-19(20)16-24-22(23-5-2)25-13-11-18(12-14-25)21(26)28-6-3;/h7-10,18H,4-6,11-17H2,1-3H3,(H,23,24);1H. The van der Waals surface area contributed by atoms with Gasteiger partial charge in [-0.15, -0.1) is 24.0 Å². The van der Waals surface area contributed by atoms with Crippen LogP contribution in [0.4, 0.5) is 0 Å². The van der Waals surface area contributed by atoms with Gasteiger partial charge in [-0.1, -0.05) is 31.2 Å². The van der Waals surface area contributed by atoms with Crippen LogP contribution in [-0.4, -0.2) is 49.7 Å². The summed E-state index contributed by atoms with van der Waals surface area (Å²) in [6.07, 6.45) is 2.64. The number of carbonyl (C=O) groups excluding carboxylic acids is 1. The number of benzene rings is 1. The minimum absolute atomic E-state index is 0. The van der Waals surface area contributed by atoms with Crippen molar-refractivity contribution in [3.8, 4) is 0 Å². The number of nitrogens with one attached hydrogen (secondary N) is 1. The van der Waals surface area contributed by atoms with Crippen molar-refractivity contribution in [2.45, 2.75) is 53.2 Å². The number of guanidine groups is 1. The SMILES string of the molecule is CCCOCc1ccccc1CN=C(NCC)N1CCC(C(=O)OCC)CC1.I. The van der Waals surface area contributed by atoms with Crippen LogP contribution in [0.3, 0.4) is 0 Å². The molecule has 7 heteroatoms. The molecule has 0 unspecified atom stereocenters. The van der Waals surface area contributed by atoms with Crippen LogP contribution in [0, 0.1) is 5.92 Å². The second-order valence-corrected chi connectivity index (χ2v) is 7.00. The summed E-state index contributed by atoms with van der Waals surface area (Å²) in [6.45, 7) is 11.0. The lowest BCUT2D eigenvalue weighted by Crippen LogP contribution is -2.46. The Kier molecular flexibility index (Phi) is 12.9. The molecule has 0 radical (unpaired) electrons. The summed E-state index contributed by atoms with van der Waals surface area (Å²) in [5, 5.41) is 3.39. The molecule has 0 saturated carbocycles. The number of esters is 1. The molecule has 0 aromatic heterocycles. The Balaban J connectivity index is 0.00000420. The molecule has 0 aliphatic carbocycles. The van der Waals surface area contributed by atoms with Gasteiger partial charge >= 0.3 is 5.97 Å². The molecule has 0 spiro atoms. The molecule has 2 rings (SSSR count). The van der Waals surface area contributed by atoms with Crippen LogP contribution in [0.2, 0.25) is 0 Å². The minimum Gasteiger partial charge on any atom is -0.466 e. The number of ether oxygens (including phenoxy) is 2. The van der Waals surface area contributed by atoms with Gasteiger partial charge in [0.05, 0.1) is 25.7 Å². The van der Waals surface area contributed by atoms with Gasteiger partial charge in [-0.2, -0.15) is 0 Å². The number of halogens is 1. The summed E-state index contributed by atoms with van der Waals surface area (Å²) >= 11 is 0. The zero-order valence-corrected chi connectivity index (χ0v) is 20.3. The fourth-order valence-electron chi connectivity index (χ4n) is 3.35. The van der Waals surface area contributed by atoms with Crippen LogP contribution in [0.1, 0.15) is 51.2 Å². The largest absolute Gasteiger partial charge is 0.466 e. The number of piperidine rings is 1. The van der Waals surface area contributed by atoms with Gasteiger partial charge in [-0.05, 0) is 44.2 Å². The summed E-state index contributed by atoms with van der Waals surface area (Å²) < 4.78 is 10.9. The monoisotopic (exact) mass is 517 g/mol. The van der Waals surface area contributed by atoms with Crippen LogP contribution in [-0.2, 0) is 27.4 Å². The van der Waals surface area contributed by atoms with Gasteiger partial charge in [-0.25, -0.2) is 4.99 Å². The molecule has 0 bridgehead atoms. The third-order valence-electron chi connectivity index (χ3n) is 4.87. The van der Waals surface area contributed by atoms with E-state index in [0.717, 1.165) is 51.5 Å². The first-order chi connectivity index (χ1) is 13.7. The zero-order chi connectivity index (χ0) is 20.2. The molecule has 0 atom stereocenters. The average Bonchev–Trinajstić information content (AvgIpc) is 2.72. The van der Waals surface area contributed by atoms with E-state index in [1.54, 1.807) is 0 Å². The molecule has 29 heavy (non-hydrogen) atoms. The van der Waals surface area contributed by atoms with E-state index >= 15 is 0 Å². The van der Waals surface area contributed by atoms with Gasteiger partial charge in [0.2, 0.25) is 0 Å². The van der Waals surface area contributed by atoms with Gasteiger partial charge in [0.1, 0.15) is 0 Å². The number of nitrogens with zero attached hydrogens (tertiary/aromatic N) is 2. The second kappa shape index (κ2) is 14.6. The molecule has 1 aliphatic rings. The summed E-state index contributed by atoms with van der Waals surface area (Å²) in [4.78, 5) is 19.1. The normalized spacial score (nSPS) is 15.0. The topological polar surface area (TPSA) is 63.2 Å².